The van der Waals surface area contributed by atoms with Crippen LogP contribution in [0.4, 0.5) is 24.5 Å². The van der Waals surface area contributed by atoms with E-state index in [0.717, 1.165) is 18.2 Å². The highest BCUT2D eigenvalue weighted by Gasteiger charge is 2.31. The maximum absolute atomic E-state index is 13.8. The molecule has 0 unspecified atom stereocenters. The number of nitrogens with zero attached hydrogens (tertiary/aromatic N) is 7. The number of rotatable bonds is 6. The van der Waals surface area contributed by atoms with Crippen LogP contribution in [0.3, 0.4) is 0 Å². The molecule has 0 bridgehead atoms. The van der Waals surface area contributed by atoms with Crippen molar-refractivity contribution in [1.82, 2.24) is 29.2 Å². The molecule has 1 aromatic carbocycles. The summed E-state index contributed by atoms with van der Waals surface area (Å²) in [6, 6.07) is 2.67. The quantitative estimate of drug-likeness (QED) is 0.351. The smallest absolute Gasteiger partial charge is 0.363 e. The number of piperazine rings is 1. The molecule has 0 saturated carbocycles. The third kappa shape index (κ3) is 6.05. The predicted octanol–water partition coefficient (Wildman–Crippen LogP) is 3.67. The van der Waals surface area contributed by atoms with Crippen molar-refractivity contribution in [1.29, 1.82) is 0 Å². The van der Waals surface area contributed by atoms with Crippen LogP contribution >= 0.6 is 11.6 Å². The number of aryl methyl sites for hydroxylation is 2. The van der Waals surface area contributed by atoms with E-state index in [9.17, 15) is 27.6 Å². The largest absolute Gasteiger partial charge is 0.416 e. The second-order valence-corrected chi connectivity index (χ2v) is 10.6. The molecule has 2 amide bonds. The Labute approximate surface area is 248 Å². The Kier molecular flexibility index (Phi) is 8.14. The molecule has 43 heavy (non-hydrogen) atoms. The molecular formula is C28H28ClF3N8O3. The topological polar surface area (TPSA) is 118 Å². The molecule has 1 N–H and O–H groups in total. The first-order valence-corrected chi connectivity index (χ1v) is 13.8. The van der Waals surface area contributed by atoms with E-state index in [1.165, 1.54) is 12.4 Å². The van der Waals surface area contributed by atoms with Crippen molar-refractivity contribution in [2.45, 2.75) is 33.0 Å². The fraction of sp³-hybridized carbons (Fsp3) is 0.357. The van der Waals surface area contributed by atoms with Crippen molar-refractivity contribution >= 4 is 46.0 Å². The number of anilines is 2. The van der Waals surface area contributed by atoms with E-state index < -0.39 is 17.6 Å². The van der Waals surface area contributed by atoms with Gasteiger partial charge in [0.25, 0.3) is 5.91 Å². The van der Waals surface area contributed by atoms with Gasteiger partial charge < -0.3 is 19.7 Å². The fourth-order valence-corrected chi connectivity index (χ4v) is 5.37. The van der Waals surface area contributed by atoms with Gasteiger partial charge in [-0.25, -0.2) is 9.97 Å². The lowest BCUT2D eigenvalue weighted by molar-refractivity contribution is -0.137. The number of halogens is 4. The van der Waals surface area contributed by atoms with Crippen molar-refractivity contribution in [2.24, 2.45) is 7.05 Å². The van der Waals surface area contributed by atoms with Crippen molar-refractivity contribution in [3.05, 3.63) is 74.6 Å². The first kappa shape index (κ1) is 30.0. The lowest BCUT2D eigenvalue weighted by Crippen LogP contribution is -2.50. The highest BCUT2D eigenvalue weighted by atomic mass is 35.5. The van der Waals surface area contributed by atoms with E-state index in [-0.39, 0.29) is 39.8 Å². The number of carbonyl (C=O) groups excluding carboxylic acids is 2. The second kappa shape index (κ2) is 11.7. The van der Waals surface area contributed by atoms with Crippen LogP contribution in [0.2, 0.25) is 5.02 Å². The van der Waals surface area contributed by atoms with Crippen LogP contribution in [0, 0.1) is 6.92 Å². The number of fused-ring (bicyclic) bond motifs is 1. The van der Waals surface area contributed by atoms with Crippen molar-refractivity contribution in [2.75, 3.05) is 36.4 Å². The van der Waals surface area contributed by atoms with E-state index in [4.69, 9.17) is 11.6 Å². The minimum atomic E-state index is -4.58. The summed E-state index contributed by atoms with van der Waals surface area (Å²) in [5.41, 5.74) is 0.936. The molecule has 11 nitrogen and oxygen atoms in total. The molecule has 0 atom stereocenters. The lowest BCUT2D eigenvalue weighted by atomic mass is 10.1. The molecule has 5 rings (SSSR count). The molecule has 226 valence electrons. The molecule has 4 heterocycles. The predicted molar refractivity (Wildman–Crippen MR) is 154 cm³/mol. The average molecular weight is 617 g/mol. The van der Waals surface area contributed by atoms with Gasteiger partial charge in [-0.2, -0.15) is 18.3 Å². The second-order valence-electron chi connectivity index (χ2n) is 10.2. The lowest BCUT2D eigenvalue weighted by Gasteiger charge is -2.37. The first-order valence-electron chi connectivity index (χ1n) is 13.5. The number of alkyl halides is 3. The van der Waals surface area contributed by atoms with E-state index >= 15 is 0 Å². The van der Waals surface area contributed by atoms with Crippen LogP contribution in [0.25, 0.3) is 11.2 Å². The Morgan fingerprint density at radius 2 is 1.84 bits per heavy atom. The summed E-state index contributed by atoms with van der Waals surface area (Å²) in [7, 11) is 1.73. The van der Waals surface area contributed by atoms with Crippen molar-refractivity contribution in [3.63, 3.8) is 0 Å². The maximum atomic E-state index is 13.8. The standard InChI is InChI=1S/C28H28ClF3N8O3/c1-4-21-24(38-7-9-39(10-8-38)27(43)17-13-34-37(3)14-17)25(42)23-26(35-16(2)12-33-23)40(21)15-22(41)36-20-6-5-18(11-19(20)29)28(30,31)32/h5-6,11-14H,4,7-10,15H2,1-3H3,(H,36,41). The summed E-state index contributed by atoms with van der Waals surface area (Å²) in [5, 5.41) is 6.36. The van der Waals surface area contributed by atoms with Crippen molar-refractivity contribution in [3.8, 4) is 0 Å². The van der Waals surface area contributed by atoms with Gasteiger partial charge in [0.2, 0.25) is 11.3 Å². The van der Waals surface area contributed by atoms with E-state index in [1.54, 1.807) is 34.3 Å². The number of hydrogen-bond donors (Lipinski definition) is 1. The highest BCUT2D eigenvalue weighted by molar-refractivity contribution is 6.33. The Balaban J connectivity index is 1.46. The van der Waals surface area contributed by atoms with Gasteiger partial charge in [-0.05, 0) is 31.5 Å². The van der Waals surface area contributed by atoms with Gasteiger partial charge in [-0.3, -0.25) is 19.1 Å². The zero-order valence-corrected chi connectivity index (χ0v) is 24.3. The van der Waals surface area contributed by atoms with Gasteiger partial charge in [0.05, 0.1) is 33.7 Å². The summed E-state index contributed by atoms with van der Waals surface area (Å²) in [4.78, 5) is 52.4. The van der Waals surface area contributed by atoms with Crippen molar-refractivity contribution < 1.29 is 22.8 Å². The Morgan fingerprint density at radius 3 is 2.44 bits per heavy atom. The monoisotopic (exact) mass is 616 g/mol. The van der Waals surface area contributed by atoms with Crippen LogP contribution < -0.4 is 15.6 Å². The number of aromatic nitrogens is 5. The Morgan fingerprint density at radius 1 is 1.12 bits per heavy atom. The minimum Gasteiger partial charge on any atom is -0.363 e. The van der Waals surface area contributed by atoms with Gasteiger partial charge in [0.15, 0.2) is 11.2 Å². The number of pyridine rings is 1. The molecule has 0 spiro atoms. The molecule has 1 aliphatic rings. The Hall–Kier alpha value is -4.46. The average Bonchev–Trinajstić information content (AvgIpc) is 3.40. The molecular weight excluding hydrogens is 589 g/mol. The zero-order valence-electron chi connectivity index (χ0n) is 23.6. The van der Waals surface area contributed by atoms with Crippen LogP contribution in [0.5, 0.6) is 0 Å². The summed E-state index contributed by atoms with van der Waals surface area (Å²) < 4.78 is 42.3. The molecule has 1 aliphatic heterocycles. The fourth-order valence-electron chi connectivity index (χ4n) is 5.14. The molecule has 1 saturated heterocycles. The Bertz CT molecular complexity index is 1780. The number of benzene rings is 1. The number of hydrogen-bond acceptors (Lipinski definition) is 7. The van der Waals surface area contributed by atoms with E-state index in [1.807, 2.05) is 11.8 Å². The molecule has 1 fully saturated rings. The third-order valence-corrected chi connectivity index (χ3v) is 7.51. The van der Waals surface area contributed by atoms with Crippen LogP contribution in [0.15, 0.2) is 41.6 Å². The maximum Gasteiger partial charge on any atom is 0.416 e. The van der Waals surface area contributed by atoms with Gasteiger partial charge in [0, 0.05) is 51.3 Å². The van der Waals surface area contributed by atoms with Gasteiger partial charge >= 0.3 is 6.18 Å². The molecule has 15 heteroatoms. The number of amides is 2. The summed E-state index contributed by atoms with van der Waals surface area (Å²) >= 11 is 6.05. The van der Waals surface area contributed by atoms with E-state index in [2.05, 4.69) is 20.4 Å². The molecule has 3 aromatic heterocycles. The minimum absolute atomic E-state index is 0.0139. The van der Waals surface area contributed by atoms with Gasteiger partial charge in [-0.15, -0.1) is 0 Å². The third-order valence-electron chi connectivity index (χ3n) is 7.20. The van der Waals surface area contributed by atoms with Gasteiger partial charge in [0.1, 0.15) is 12.2 Å². The summed E-state index contributed by atoms with van der Waals surface area (Å²) in [6.45, 7) is 4.71. The van der Waals surface area contributed by atoms with Crippen LogP contribution in [-0.2, 0) is 31.0 Å². The molecule has 4 aromatic rings. The number of nitrogens with one attached hydrogen (secondary N) is 1. The normalized spacial score (nSPS) is 13.9. The zero-order chi connectivity index (χ0) is 31.1. The molecule has 0 radical (unpaired) electrons. The van der Waals surface area contributed by atoms with Gasteiger partial charge in [-0.1, -0.05) is 18.5 Å². The van der Waals surface area contributed by atoms with E-state index in [0.29, 0.717) is 55.2 Å². The highest BCUT2D eigenvalue weighted by Crippen LogP contribution is 2.34. The summed E-state index contributed by atoms with van der Waals surface area (Å²) in [5.74, 6) is -0.734. The first-order chi connectivity index (χ1) is 20.4. The number of carbonyl (C=O) groups is 2. The van der Waals surface area contributed by atoms with Crippen LogP contribution in [0.1, 0.15) is 34.2 Å². The molecule has 0 aliphatic carbocycles. The summed E-state index contributed by atoms with van der Waals surface area (Å²) in [6.07, 6.45) is 0.404. The SMILES string of the molecule is CCc1c(N2CCN(C(=O)c3cnn(C)c3)CC2)c(=O)c2ncc(C)nc2n1CC(=O)Nc1ccc(C(F)(F)F)cc1Cl. The van der Waals surface area contributed by atoms with Crippen LogP contribution in [-0.4, -0.2) is 67.2 Å².